The van der Waals surface area contributed by atoms with Gasteiger partial charge in [0.15, 0.2) is 5.16 Å². The summed E-state index contributed by atoms with van der Waals surface area (Å²) in [5, 5.41) is 1.55. The molecule has 0 saturated carbocycles. The van der Waals surface area contributed by atoms with Crippen LogP contribution in [0.4, 0.5) is 0 Å². The molecule has 130 valence electrons. The lowest BCUT2D eigenvalue weighted by Crippen LogP contribution is -2.29. The molecular weight excluding hydrogens is 408 g/mol. The second-order valence-electron chi connectivity index (χ2n) is 5.92. The fraction of sp³-hybridized carbons (Fsp3) is 0.529. The van der Waals surface area contributed by atoms with Gasteiger partial charge in [-0.1, -0.05) is 41.2 Å². The molecule has 0 aliphatic carbocycles. The van der Waals surface area contributed by atoms with Crippen LogP contribution in [-0.2, 0) is 17.7 Å². The fourth-order valence-electron chi connectivity index (χ4n) is 3.06. The predicted octanol–water partition coefficient (Wildman–Crippen LogP) is 4.51. The van der Waals surface area contributed by atoms with Crippen molar-refractivity contribution in [3.05, 3.63) is 31.9 Å². The minimum Gasteiger partial charge on any atom is -0.376 e. The van der Waals surface area contributed by atoms with Crippen molar-refractivity contribution in [1.29, 1.82) is 0 Å². The number of hydrogen-bond donors (Lipinski definition) is 0. The standard InChI is InChI=1S/C17H21BrN2O2S2/c1-4-13-11(3)24-15-14(13)16(21)20(8-12-6-5-7-22-12)17(19-15)23-9-10(2)18/h12H,2,4-9H2,1,3H3. The van der Waals surface area contributed by atoms with Crippen LogP contribution in [0.3, 0.4) is 0 Å². The predicted molar refractivity (Wildman–Crippen MR) is 106 cm³/mol. The molecule has 1 atom stereocenters. The summed E-state index contributed by atoms with van der Waals surface area (Å²) in [5.74, 6) is 0.689. The van der Waals surface area contributed by atoms with E-state index in [4.69, 9.17) is 9.72 Å². The van der Waals surface area contributed by atoms with Crippen LogP contribution in [-0.4, -0.2) is 28.0 Å². The molecule has 0 aromatic carbocycles. The maximum atomic E-state index is 13.2. The summed E-state index contributed by atoms with van der Waals surface area (Å²) < 4.78 is 8.45. The summed E-state index contributed by atoms with van der Waals surface area (Å²) in [5.41, 5.74) is 1.20. The first-order valence-corrected chi connectivity index (χ1v) is 10.7. The van der Waals surface area contributed by atoms with E-state index < -0.39 is 0 Å². The van der Waals surface area contributed by atoms with Crippen LogP contribution in [0.2, 0.25) is 0 Å². The van der Waals surface area contributed by atoms with Gasteiger partial charge in [0, 0.05) is 17.2 Å². The summed E-state index contributed by atoms with van der Waals surface area (Å²) in [6, 6.07) is 0. The van der Waals surface area contributed by atoms with Crippen LogP contribution in [0, 0.1) is 6.92 Å². The van der Waals surface area contributed by atoms with Crippen LogP contribution < -0.4 is 5.56 Å². The molecule has 1 aliphatic heterocycles. The van der Waals surface area contributed by atoms with E-state index in [0.717, 1.165) is 51.3 Å². The minimum atomic E-state index is 0.0689. The van der Waals surface area contributed by atoms with E-state index in [0.29, 0.717) is 12.3 Å². The largest absolute Gasteiger partial charge is 0.376 e. The molecule has 24 heavy (non-hydrogen) atoms. The number of fused-ring (bicyclic) bond motifs is 1. The molecule has 3 rings (SSSR count). The van der Waals surface area contributed by atoms with Gasteiger partial charge in [0.25, 0.3) is 5.56 Å². The van der Waals surface area contributed by atoms with E-state index in [1.165, 1.54) is 4.88 Å². The molecule has 1 saturated heterocycles. The molecule has 2 aromatic rings. The highest BCUT2D eigenvalue weighted by Gasteiger charge is 2.22. The zero-order chi connectivity index (χ0) is 17.3. The highest BCUT2D eigenvalue weighted by Crippen LogP contribution is 2.30. The monoisotopic (exact) mass is 428 g/mol. The van der Waals surface area contributed by atoms with Gasteiger partial charge in [-0.3, -0.25) is 9.36 Å². The summed E-state index contributed by atoms with van der Waals surface area (Å²) >= 11 is 6.55. The van der Waals surface area contributed by atoms with Crippen molar-refractivity contribution in [2.75, 3.05) is 12.4 Å². The third kappa shape index (κ3) is 3.64. The minimum absolute atomic E-state index is 0.0689. The van der Waals surface area contributed by atoms with Gasteiger partial charge >= 0.3 is 0 Å². The summed E-state index contributed by atoms with van der Waals surface area (Å²) in [6.45, 7) is 9.41. The molecule has 2 aromatic heterocycles. The molecule has 1 aliphatic rings. The Bertz CT molecular complexity index is 822. The lowest BCUT2D eigenvalue weighted by Gasteiger charge is -2.16. The number of ether oxygens (including phenoxy) is 1. The smallest absolute Gasteiger partial charge is 0.263 e. The van der Waals surface area contributed by atoms with E-state index in [-0.39, 0.29) is 11.7 Å². The number of aromatic nitrogens is 2. The third-order valence-electron chi connectivity index (χ3n) is 4.20. The molecule has 0 spiro atoms. The molecule has 0 N–H and O–H groups in total. The second kappa shape index (κ2) is 7.72. The van der Waals surface area contributed by atoms with E-state index in [1.54, 1.807) is 23.1 Å². The van der Waals surface area contributed by atoms with Crippen molar-refractivity contribution in [3.63, 3.8) is 0 Å². The van der Waals surface area contributed by atoms with Gasteiger partial charge in [-0.15, -0.1) is 11.3 Å². The molecule has 1 unspecified atom stereocenters. The van der Waals surface area contributed by atoms with Crippen molar-refractivity contribution in [2.24, 2.45) is 0 Å². The normalized spacial score (nSPS) is 17.7. The fourth-order valence-corrected chi connectivity index (χ4v) is 5.32. The van der Waals surface area contributed by atoms with E-state index in [9.17, 15) is 4.79 Å². The quantitative estimate of drug-likeness (QED) is 0.501. The first-order valence-electron chi connectivity index (χ1n) is 8.11. The van der Waals surface area contributed by atoms with Crippen LogP contribution in [0.5, 0.6) is 0 Å². The topological polar surface area (TPSA) is 44.1 Å². The van der Waals surface area contributed by atoms with Crippen molar-refractivity contribution >= 4 is 49.2 Å². The van der Waals surface area contributed by atoms with Crippen molar-refractivity contribution in [1.82, 2.24) is 9.55 Å². The van der Waals surface area contributed by atoms with Crippen LogP contribution in [0.25, 0.3) is 10.2 Å². The second-order valence-corrected chi connectivity index (χ2v) is 9.19. The van der Waals surface area contributed by atoms with Crippen LogP contribution in [0.15, 0.2) is 21.0 Å². The molecule has 7 heteroatoms. The van der Waals surface area contributed by atoms with E-state index >= 15 is 0 Å². The van der Waals surface area contributed by atoms with E-state index in [1.807, 2.05) is 4.57 Å². The van der Waals surface area contributed by atoms with Crippen LogP contribution >= 0.6 is 39.0 Å². The van der Waals surface area contributed by atoms with Gasteiger partial charge in [0.05, 0.1) is 18.0 Å². The number of nitrogens with zero attached hydrogens (tertiary/aromatic N) is 2. The molecule has 0 amide bonds. The zero-order valence-corrected chi connectivity index (χ0v) is 17.2. The molecular formula is C17H21BrN2O2S2. The first-order chi connectivity index (χ1) is 11.5. The first kappa shape index (κ1) is 18.2. The van der Waals surface area contributed by atoms with E-state index in [2.05, 4.69) is 36.4 Å². The highest BCUT2D eigenvalue weighted by atomic mass is 79.9. The molecule has 0 bridgehead atoms. The Balaban J connectivity index is 2.11. The molecule has 4 nitrogen and oxygen atoms in total. The summed E-state index contributed by atoms with van der Waals surface area (Å²) in [7, 11) is 0. The Morgan fingerprint density at radius 3 is 3.00 bits per heavy atom. The van der Waals surface area contributed by atoms with Crippen molar-refractivity contribution in [3.8, 4) is 0 Å². The van der Waals surface area contributed by atoms with Gasteiger partial charge < -0.3 is 4.74 Å². The lowest BCUT2D eigenvalue weighted by atomic mass is 10.1. The number of thioether (sulfide) groups is 1. The summed E-state index contributed by atoms with van der Waals surface area (Å²) in [6.07, 6.45) is 3.03. The molecule has 0 radical (unpaired) electrons. The molecule has 1 fully saturated rings. The van der Waals surface area contributed by atoms with Gasteiger partial charge in [0.1, 0.15) is 4.83 Å². The average molecular weight is 429 g/mol. The highest BCUT2D eigenvalue weighted by molar-refractivity contribution is 9.11. The number of rotatable bonds is 6. The number of thiophene rings is 1. The summed E-state index contributed by atoms with van der Waals surface area (Å²) in [4.78, 5) is 20.0. The van der Waals surface area contributed by atoms with Gasteiger partial charge in [-0.05, 0) is 36.2 Å². The van der Waals surface area contributed by atoms with Crippen LogP contribution in [0.1, 0.15) is 30.2 Å². The molecule has 3 heterocycles. The number of hydrogen-bond acceptors (Lipinski definition) is 5. The lowest BCUT2D eigenvalue weighted by molar-refractivity contribution is 0.0937. The SMILES string of the molecule is C=C(Br)CSc1nc2sc(C)c(CC)c2c(=O)n1CC1CCCO1. The van der Waals surface area contributed by atoms with Crippen molar-refractivity contribution < 1.29 is 4.74 Å². The van der Waals surface area contributed by atoms with Gasteiger partial charge in [0.2, 0.25) is 0 Å². The maximum Gasteiger partial charge on any atom is 0.263 e. The Morgan fingerprint density at radius 1 is 1.58 bits per heavy atom. The Morgan fingerprint density at radius 2 is 2.38 bits per heavy atom. The Labute approximate surface area is 158 Å². The average Bonchev–Trinajstić information content (AvgIpc) is 3.15. The Kier molecular flexibility index (Phi) is 5.85. The Hall–Kier alpha value is -0.630. The zero-order valence-electron chi connectivity index (χ0n) is 13.9. The van der Waals surface area contributed by atoms with Gasteiger partial charge in [-0.2, -0.15) is 0 Å². The van der Waals surface area contributed by atoms with Gasteiger partial charge in [-0.25, -0.2) is 4.98 Å². The van der Waals surface area contributed by atoms with Crippen molar-refractivity contribution in [2.45, 2.75) is 50.9 Å². The maximum absolute atomic E-state index is 13.2. The number of halogens is 1. The third-order valence-corrected chi connectivity index (χ3v) is 6.95. The number of aryl methyl sites for hydroxylation is 2.